The van der Waals surface area contributed by atoms with Gasteiger partial charge in [0.25, 0.3) is 0 Å². The molecule has 2 aromatic carbocycles. The third-order valence-corrected chi connectivity index (χ3v) is 4.62. The zero-order valence-corrected chi connectivity index (χ0v) is 13.3. The molecule has 2 nitrogen and oxygen atoms in total. The first-order valence-electron chi connectivity index (χ1n) is 7.12. The van der Waals surface area contributed by atoms with Crippen molar-refractivity contribution in [3.05, 3.63) is 69.4 Å². The molecule has 2 N–H and O–H groups in total. The van der Waals surface area contributed by atoms with Crippen LogP contribution in [0.15, 0.2) is 46.9 Å². The molecule has 2 aromatic rings. The van der Waals surface area contributed by atoms with Crippen molar-refractivity contribution < 1.29 is 4.39 Å². The summed E-state index contributed by atoms with van der Waals surface area (Å²) in [6.45, 7) is 2.01. The minimum Gasteiger partial charge on any atom is -0.329 e. The minimum absolute atomic E-state index is 0.168. The molecule has 0 spiro atoms. The van der Waals surface area contributed by atoms with E-state index in [1.807, 2.05) is 12.1 Å². The van der Waals surface area contributed by atoms with E-state index in [9.17, 15) is 4.39 Å². The lowest BCUT2D eigenvalue weighted by atomic mass is 9.93. The Bertz CT molecular complexity index is 644. The van der Waals surface area contributed by atoms with E-state index < -0.39 is 0 Å². The van der Waals surface area contributed by atoms with E-state index in [0.717, 1.165) is 23.0 Å². The predicted molar refractivity (Wildman–Crippen MR) is 86.3 cm³/mol. The fourth-order valence-electron chi connectivity index (χ4n) is 2.93. The molecule has 0 saturated carbocycles. The zero-order chi connectivity index (χ0) is 14.8. The van der Waals surface area contributed by atoms with Crippen LogP contribution in [0.3, 0.4) is 0 Å². The summed E-state index contributed by atoms with van der Waals surface area (Å²) in [6, 6.07) is 13.9. The summed E-state index contributed by atoms with van der Waals surface area (Å²) in [5.41, 5.74) is 9.32. The van der Waals surface area contributed by atoms with E-state index in [4.69, 9.17) is 5.73 Å². The zero-order valence-electron chi connectivity index (χ0n) is 11.7. The molecule has 0 aromatic heterocycles. The highest BCUT2D eigenvalue weighted by Crippen LogP contribution is 2.25. The van der Waals surface area contributed by atoms with Crippen LogP contribution in [0.5, 0.6) is 0 Å². The van der Waals surface area contributed by atoms with Crippen LogP contribution in [-0.4, -0.2) is 17.5 Å². The number of nitrogens with two attached hydrogens (primary N) is 1. The second-order valence-corrected chi connectivity index (χ2v) is 6.42. The lowest BCUT2D eigenvalue weighted by Gasteiger charge is -2.36. The summed E-state index contributed by atoms with van der Waals surface area (Å²) >= 11 is 3.29. The molecule has 1 heterocycles. The van der Waals surface area contributed by atoms with Crippen molar-refractivity contribution in [1.82, 2.24) is 4.90 Å². The van der Waals surface area contributed by atoms with Crippen molar-refractivity contribution in [2.45, 2.75) is 25.6 Å². The van der Waals surface area contributed by atoms with Gasteiger partial charge in [0, 0.05) is 35.7 Å². The lowest BCUT2D eigenvalue weighted by molar-refractivity contribution is 0.165. The van der Waals surface area contributed by atoms with Crippen LogP contribution in [0.2, 0.25) is 0 Å². The number of fused-ring (bicyclic) bond motifs is 1. The van der Waals surface area contributed by atoms with Crippen molar-refractivity contribution in [2.75, 3.05) is 6.54 Å². The summed E-state index contributed by atoms with van der Waals surface area (Å²) in [6.07, 6.45) is 0.935. The smallest absolute Gasteiger partial charge is 0.128 e. The Labute approximate surface area is 132 Å². The van der Waals surface area contributed by atoms with Gasteiger partial charge in [-0.05, 0) is 29.7 Å². The summed E-state index contributed by atoms with van der Waals surface area (Å²) in [7, 11) is 0. The topological polar surface area (TPSA) is 29.3 Å². The van der Waals surface area contributed by atoms with Gasteiger partial charge in [-0.25, -0.2) is 4.39 Å². The third-order valence-electron chi connectivity index (χ3n) is 4.12. The molecular formula is C17H18BrFN2. The van der Waals surface area contributed by atoms with Crippen LogP contribution in [0.4, 0.5) is 4.39 Å². The van der Waals surface area contributed by atoms with E-state index in [0.29, 0.717) is 13.1 Å². The van der Waals surface area contributed by atoms with E-state index >= 15 is 0 Å². The Morgan fingerprint density at radius 1 is 1.19 bits per heavy atom. The first-order chi connectivity index (χ1) is 10.2. The van der Waals surface area contributed by atoms with Gasteiger partial charge in [-0.15, -0.1) is 0 Å². The molecule has 0 radical (unpaired) electrons. The molecule has 0 amide bonds. The monoisotopic (exact) mass is 348 g/mol. The molecule has 4 heteroatoms. The summed E-state index contributed by atoms with van der Waals surface area (Å²) < 4.78 is 14.8. The highest BCUT2D eigenvalue weighted by atomic mass is 79.9. The predicted octanol–water partition coefficient (Wildman–Crippen LogP) is 3.47. The first kappa shape index (κ1) is 14.7. The molecule has 110 valence electrons. The van der Waals surface area contributed by atoms with Gasteiger partial charge in [0.15, 0.2) is 0 Å². The fraction of sp³-hybridized carbons (Fsp3) is 0.294. The standard InChI is InChI=1S/C17H18BrFN2/c18-15-6-5-14(17(19)8-15)11-21-10-13-4-2-1-3-12(13)7-16(21)9-20/h1-6,8,16H,7,9-11,20H2. The van der Waals surface area contributed by atoms with E-state index in [1.54, 1.807) is 0 Å². The average Bonchev–Trinajstić information content (AvgIpc) is 2.49. The molecule has 0 fully saturated rings. The van der Waals surface area contributed by atoms with Gasteiger partial charge in [-0.3, -0.25) is 4.90 Å². The van der Waals surface area contributed by atoms with E-state index in [2.05, 4.69) is 45.1 Å². The summed E-state index contributed by atoms with van der Waals surface area (Å²) in [5, 5.41) is 0. The van der Waals surface area contributed by atoms with E-state index in [-0.39, 0.29) is 11.9 Å². The maximum absolute atomic E-state index is 14.0. The lowest BCUT2D eigenvalue weighted by Crippen LogP contribution is -2.44. The summed E-state index contributed by atoms with van der Waals surface area (Å²) in [5.74, 6) is -0.168. The SMILES string of the molecule is NCC1Cc2ccccc2CN1Cc1ccc(Br)cc1F. The quantitative estimate of drug-likeness (QED) is 0.919. The third kappa shape index (κ3) is 3.18. The van der Waals surface area contributed by atoms with Crippen LogP contribution >= 0.6 is 15.9 Å². The molecule has 1 aliphatic rings. The summed E-state index contributed by atoms with van der Waals surface area (Å²) in [4.78, 5) is 2.27. The molecular weight excluding hydrogens is 331 g/mol. The average molecular weight is 349 g/mol. The Morgan fingerprint density at radius 2 is 1.95 bits per heavy atom. The Hall–Kier alpha value is -1.23. The van der Waals surface area contributed by atoms with Crippen LogP contribution in [-0.2, 0) is 19.5 Å². The number of hydrogen-bond donors (Lipinski definition) is 1. The van der Waals surface area contributed by atoms with Crippen molar-refractivity contribution >= 4 is 15.9 Å². The Morgan fingerprint density at radius 3 is 2.67 bits per heavy atom. The van der Waals surface area contributed by atoms with Gasteiger partial charge in [0.05, 0.1) is 0 Å². The maximum Gasteiger partial charge on any atom is 0.128 e. The van der Waals surface area contributed by atoms with Crippen LogP contribution in [0.25, 0.3) is 0 Å². The van der Waals surface area contributed by atoms with Gasteiger partial charge in [0.2, 0.25) is 0 Å². The van der Waals surface area contributed by atoms with Crippen LogP contribution in [0, 0.1) is 5.82 Å². The highest BCUT2D eigenvalue weighted by Gasteiger charge is 2.25. The maximum atomic E-state index is 14.0. The number of rotatable bonds is 3. The molecule has 21 heavy (non-hydrogen) atoms. The molecule has 0 bridgehead atoms. The molecule has 1 aliphatic heterocycles. The van der Waals surface area contributed by atoms with Crippen LogP contribution in [0.1, 0.15) is 16.7 Å². The minimum atomic E-state index is -0.168. The van der Waals surface area contributed by atoms with Crippen LogP contribution < -0.4 is 5.73 Å². The first-order valence-corrected chi connectivity index (χ1v) is 7.91. The van der Waals surface area contributed by atoms with Gasteiger partial charge < -0.3 is 5.73 Å². The molecule has 1 atom stereocenters. The van der Waals surface area contributed by atoms with Gasteiger partial charge in [0.1, 0.15) is 5.82 Å². The van der Waals surface area contributed by atoms with Gasteiger partial charge >= 0.3 is 0 Å². The van der Waals surface area contributed by atoms with Gasteiger partial charge in [-0.1, -0.05) is 46.3 Å². The second-order valence-electron chi connectivity index (χ2n) is 5.50. The van der Waals surface area contributed by atoms with Crippen molar-refractivity contribution in [3.8, 4) is 0 Å². The molecule has 0 saturated heterocycles. The molecule has 3 rings (SSSR count). The number of benzene rings is 2. The molecule has 0 aliphatic carbocycles. The second kappa shape index (κ2) is 6.26. The fourth-order valence-corrected chi connectivity index (χ4v) is 3.26. The highest BCUT2D eigenvalue weighted by molar-refractivity contribution is 9.10. The van der Waals surface area contributed by atoms with Gasteiger partial charge in [-0.2, -0.15) is 0 Å². The normalized spacial score (nSPS) is 18.5. The Kier molecular flexibility index (Phi) is 4.38. The Balaban J connectivity index is 1.84. The number of halogens is 2. The largest absolute Gasteiger partial charge is 0.329 e. The van der Waals surface area contributed by atoms with Crippen molar-refractivity contribution in [3.63, 3.8) is 0 Å². The van der Waals surface area contributed by atoms with Crippen molar-refractivity contribution in [2.24, 2.45) is 5.73 Å². The number of hydrogen-bond acceptors (Lipinski definition) is 2. The number of nitrogens with zero attached hydrogens (tertiary/aromatic N) is 1. The molecule has 1 unspecified atom stereocenters. The van der Waals surface area contributed by atoms with Crippen molar-refractivity contribution in [1.29, 1.82) is 0 Å². The van der Waals surface area contributed by atoms with E-state index in [1.165, 1.54) is 17.2 Å².